The lowest BCUT2D eigenvalue weighted by molar-refractivity contribution is 0.496. The second-order valence-electron chi connectivity index (χ2n) is 2.47. The van der Waals surface area contributed by atoms with Gasteiger partial charge >= 0.3 is 0 Å². The van der Waals surface area contributed by atoms with Crippen molar-refractivity contribution in [3.63, 3.8) is 0 Å². The summed E-state index contributed by atoms with van der Waals surface area (Å²) in [6.45, 7) is 0. The number of rotatable bonds is 0. The van der Waals surface area contributed by atoms with E-state index in [-0.39, 0.29) is 0 Å². The highest BCUT2D eigenvalue weighted by molar-refractivity contribution is 6.27. The molecule has 0 amide bonds. The maximum Gasteiger partial charge on any atom is 0.0479 e. The third kappa shape index (κ3) is 0.199. The lowest BCUT2D eigenvalue weighted by Crippen LogP contribution is -2.12. The molecule has 0 heterocycles. The van der Waals surface area contributed by atoms with E-state index in [4.69, 9.17) is 11.6 Å². The summed E-state index contributed by atoms with van der Waals surface area (Å²) in [6.07, 6.45) is 4.01. The molecule has 0 aromatic rings. The number of halogens is 1. The van der Waals surface area contributed by atoms with Gasteiger partial charge in [0.15, 0.2) is 0 Å². The SMILES string of the molecule is ClC12CCC1C2. The molecule has 2 saturated carbocycles. The molecule has 2 aliphatic carbocycles. The summed E-state index contributed by atoms with van der Waals surface area (Å²) in [5, 5.41) is 0. The molecule has 2 fully saturated rings. The van der Waals surface area contributed by atoms with E-state index in [1.54, 1.807) is 0 Å². The largest absolute Gasteiger partial charge is 0.119 e. The fraction of sp³-hybridized carbons (Fsp3) is 1.00. The van der Waals surface area contributed by atoms with Crippen LogP contribution in [0.3, 0.4) is 0 Å². The Balaban J connectivity index is 2.22. The van der Waals surface area contributed by atoms with Gasteiger partial charge in [0.05, 0.1) is 0 Å². The van der Waals surface area contributed by atoms with Crippen LogP contribution in [0.1, 0.15) is 19.3 Å². The second-order valence-corrected chi connectivity index (χ2v) is 3.23. The van der Waals surface area contributed by atoms with Crippen molar-refractivity contribution in [2.75, 3.05) is 0 Å². The van der Waals surface area contributed by atoms with E-state index in [2.05, 4.69) is 0 Å². The molecule has 0 aromatic carbocycles. The van der Waals surface area contributed by atoms with Crippen molar-refractivity contribution in [1.29, 1.82) is 0 Å². The van der Waals surface area contributed by atoms with Crippen molar-refractivity contribution in [2.24, 2.45) is 5.92 Å². The number of alkyl halides is 1. The molecular formula is C5H7Cl. The zero-order valence-electron chi connectivity index (χ0n) is 3.58. The minimum absolute atomic E-state index is 0.361. The number of fused-ring (bicyclic) bond motifs is 1. The molecule has 6 heavy (non-hydrogen) atoms. The van der Waals surface area contributed by atoms with Crippen LogP contribution >= 0.6 is 11.6 Å². The fourth-order valence-electron chi connectivity index (χ4n) is 1.22. The predicted molar refractivity (Wildman–Crippen MR) is 25.9 cm³/mol. The molecule has 34 valence electrons. The van der Waals surface area contributed by atoms with Crippen molar-refractivity contribution < 1.29 is 0 Å². The van der Waals surface area contributed by atoms with E-state index < -0.39 is 0 Å². The molecule has 0 aliphatic heterocycles. The summed E-state index contributed by atoms with van der Waals surface area (Å²) in [5.74, 6) is 0.944. The zero-order valence-corrected chi connectivity index (χ0v) is 4.33. The Hall–Kier alpha value is 0.290. The first-order valence-corrected chi connectivity index (χ1v) is 2.88. The van der Waals surface area contributed by atoms with Gasteiger partial charge in [0.25, 0.3) is 0 Å². The number of hydrogen-bond acceptors (Lipinski definition) is 0. The first kappa shape index (κ1) is 3.31. The van der Waals surface area contributed by atoms with E-state index in [1.807, 2.05) is 0 Å². The van der Waals surface area contributed by atoms with Crippen molar-refractivity contribution in [3.8, 4) is 0 Å². The normalized spacial score (nSPS) is 62.5. The second kappa shape index (κ2) is 0.645. The summed E-state index contributed by atoms with van der Waals surface area (Å²) in [7, 11) is 0. The lowest BCUT2D eigenvalue weighted by atomic mass is 10.0. The molecule has 2 aliphatic rings. The van der Waals surface area contributed by atoms with Gasteiger partial charge < -0.3 is 0 Å². The van der Waals surface area contributed by atoms with Crippen LogP contribution in [0.5, 0.6) is 0 Å². The Morgan fingerprint density at radius 3 is 2.33 bits per heavy atom. The van der Waals surface area contributed by atoms with Crippen molar-refractivity contribution >= 4 is 11.6 Å². The molecule has 0 aromatic heterocycles. The molecule has 0 nitrogen and oxygen atoms in total. The maximum atomic E-state index is 5.88. The standard InChI is InChI=1S/C5H7Cl/c6-5-2-1-4(5)3-5/h4H,1-3H2. The smallest absolute Gasteiger partial charge is 0.0479 e. The highest BCUT2D eigenvalue weighted by atomic mass is 35.5. The van der Waals surface area contributed by atoms with Crippen LogP contribution in [-0.4, -0.2) is 4.87 Å². The molecule has 0 bridgehead atoms. The molecule has 0 saturated heterocycles. The van der Waals surface area contributed by atoms with Gasteiger partial charge in [-0.15, -0.1) is 11.6 Å². The summed E-state index contributed by atoms with van der Waals surface area (Å²) in [6, 6.07) is 0. The summed E-state index contributed by atoms with van der Waals surface area (Å²) < 4.78 is 0. The summed E-state index contributed by atoms with van der Waals surface area (Å²) in [5.41, 5.74) is 0. The Morgan fingerprint density at radius 2 is 2.33 bits per heavy atom. The molecule has 1 heteroatoms. The maximum absolute atomic E-state index is 5.88. The molecule has 0 N–H and O–H groups in total. The summed E-state index contributed by atoms with van der Waals surface area (Å²) in [4.78, 5) is 0.361. The molecule has 0 radical (unpaired) electrons. The van der Waals surface area contributed by atoms with Crippen LogP contribution < -0.4 is 0 Å². The highest BCUT2D eigenvalue weighted by Crippen LogP contribution is 2.64. The van der Waals surface area contributed by atoms with E-state index in [1.165, 1.54) is 19.3 Å². The van der Waals surface area contributed by atoms with Crippen molar-refractivity contribution in [3.05, 3.63) is 0 Å². The van der Waals surface area contributed by atoms with E-state index in [0.29, 0.717) is 4.87 Å². The minimum atomic E-state index is 0.361. The highest BCUT2D eigenvalue weighted by Gasteiger charge is 2.59. The van der Waals surface area contributed by atoms with Crippen LogP contribution in [0.15, 0.2) is 0 Å². The summed E-state index contributed by atoms with van der Waals surface area (Å²) >= 11 is 5.88. The van der Waals surface area contributed by atoms with Crippen LogP contribution in [-0.2, 0) is 0 Å². The predicted octanol–water partition coefficient (Wildman–Crippen LogP) is 1.78. The van der Waals surface area contributed by atoms with Crippen LogP contribution in [0.4, 0.5) is 0 Å². The molecular weight excluding hydrogens is 95.5 g/mol. The molecule has 2 unspecified atom stereocenters. The molecule has 2 atom stereocenters. The van der Waals surface area contributed by atoms with Gasteiger partial charge in [-0.3, -0.25) is 0 Å². The average Bonchev–Trinajstić information content (AvgIpc) is 1.88. The fourth-order valence-corrected chi connectivity index (χ4v) is 1.62. The van der Waals surface area contributed by atoms with E-state index in [0.717, 1.165) is 5.92 Å². The van der Waals surface area contributed by atoms with Gasteiger partial charge in [-0.2, -0.15) is 0 Å². The first-order chi connectivity index (χ1) is 2.81. The van der Waals surface area contributed by atoms with Crippen LogP contribution in [0, 0.1) is 5.92 Å². The Kier molecular flexibility index (Phi) is 0.356. The van der Waals surface area contributed by atoms with Gasteiger partial charge in [0.1, 0.15) is 0 Å². The van der Waals surface area contributed by atoms with Crippen molar-refractivity contribution in [2.45, 2.75) is 24.1 Å². The monoisotopic (exact) mass is 102 g/mol. The number of hydrogen-bond donors (Lipinski definition) is 0. The Labute approximate surface area is 42.5 Å². The zero-order chi connectivity index (χ0) is 4.20. The quantitative estimate of drug-likeness (QED) is 0.409. The van der Waals surface area contributed by atoms with Crippen LogP contribution in [0.2, 0.25) is 0 Å². The Morgan fingerprint density at radius 1 is 1.67 bits per heavy atom. The minimum Gasteiger partial charge on any atom is -0.119 e. The average molecular weight is 103 g/mol. The van der Waals surface area contributed by atoms with Gasteiger partial charge in [0, 0.05) is 4.87 Å². The van der Waals surface area contributed by atoms with Gasteiger partial charge in [-0.25, -0.2) is 0 Å². The van der Waals surface area contributed by atoms with Gasteiger partial charge in [-0.1, -0.05) is 0 Å². The third-order valence-corrected chi connectivity index (χ3v) is 2.72. The Bertz CT molecular complexity index is 85.9. The van der Waals surface area contributed by atoms with E-state index in [9.17, 15) is 0 Å². The first-order valence-electron chi connectivity index (χ1n) is 2.50. The topological polar surface area (TPSA) is 0 Å². The van der Waals surface area contributed by atoms with Gasteiger partial charge in [0.2, 0.25) is 0 Å². The molecule has 0 spiro atoms. The van der Waals surface area contributed by atoms with Crippen molar-refractivity contribution in [1.82, 2.24) is 0 Å². The van der Waals surface area contributed by atoms with Gasteiger partial charge in [-0.05, 0) is 25.2 Å². The third-order valence-electron chi connectivity index (χ3n) is 2.07. The lowest BCUT2D eigenvalue weighted by Gasteiger charge is -2.15. The van der Waals surface area contributed by atoms with Crippen LogP contribution in [0.25, 0.3) is 0 Å². The van der Waals surface area contributed by atoms with E-state index >= 15 is 0 Å². The molecule has 2 rings (SSSR count).